The first kappa shape index (κ1) is 29.7. The Labute approximate surface area is 195 Å². The molecule has 0 fully saturated rings. The van der Waals surface area contributed by atoms with Gasteiger partial charge in [-0.1, -0.05) is 0 Å². The van der Waals surface area contributed by atoms with Gasteiger partial charge in [-0.3, -0.25) is 0 Å². The van der Waals surface area contributed by atoms with Crippen molar-refractivity contribution in [2.75, 3.05) is 0 Å². The Morgan fingerprint density at radius 2 is 0.615 bits per heavy atom. The molecule has 0 radical (unpaired) electrons. The van der Waals surface area contributed by atoms with E-state index in [0.29, 0.717) is 0 Å². The third kappa shape index (κ3) is 5.48. The fourth-order valence-electron chi connectivity index (χ4n) is 2.21. The van der Waals surface area contributed by atoms with E-state index in [9.17, 15) is 19.2 Å². The summed E-state index contributed by atoms with van der Waals surface area (Å²) in [6.45, 7) is 0. The minimum atomic E-state index is -1.49. The van der Waals surface area contributed by atoms with Crippen LogP contribution in [0.2, 0.25) is 0 Å². The zero-order chi connectivity index (χ0) is 16.6. The molecule has 0 bridgehead atoms. The molecule has 0 aliphatic carbocycles. The second kappa shape index (κ2) is 11.6. The third-order valence-electron chi connectivity index (χ3n) is 3.08. The van der Waals surface area contributed by atoms with Crippen LogP contribution in [0, 0.1) is 0 Å². The van der Waals surface area contributed by atoms with Crippen LogP contribution in [-0.4, -0.2) is 120 Å². The van der Waals surface area contributed by atoms with Crippen molar-refractivity contribution < 1.29 is 39.6 Å². The van der Waals surface area contributed by atoms with Crippen molar-refractivity contribution in [3.8, 4) is 0 Å². The van der Waals surface area contributed by atoms with Crippen LogP contribution < -0.4 is 0 Å². The van der Waals surface area contributed by atoms with Gasteiger partial charge >= 0.3 is 99.3 Å². The van der Waals surface area contributed by atoms with Gasteiger partial charge in [0.1, 0.15) is 0 Å². The monoisotopic (exact) mass is 336 g/mol. The minimum absolute atomic E-state index is 0. The van der Waals surface area contributed by atoms with Gasteiger partial charge in [-0.05, 0) is 24.3 Å². The van der Waals surface area contributed by atoms with Crippen molar-refractivity contribution in [2.24, 2.45) is 0 Å². The Hall–Kier alpha value is -1.03. The van der Waals surface area contributed by atoms with Gasteiger partial charge in [0.05, 0.1) is 22.3 Å². The van der Waals surface area contributed by atoms with Crippen molar-refractivity contribution in [2.45, 2.75) is 0 Å². The fourth-order valence-corrected chi connectivity index (χ4v) is 2.21. The summed E-state index contributed by atoms with van der Waals surface area (Å²) in [7, 11) is 0. The van der Waals surface area contributed by atoms with E-state index in [2.05, 4.69) is 0 Å². The van der Waals surface area contributed by atoms with E-state index in [1.165, 1.54) is 0 Å². The van der Waals surface area contributed by atoms with E-state index in [0.717, 1.165) is 24.3 Å². The quantitative estimate of drug-likeness (QED) is 0.522. The van der Waals surface area contributed by atoms with Crippen LogP contribution in [0.25, 0.3) is 10.8 Å². The molecule has 26 heavy (non-hydrogen) atoms. The number of rotatable bonds is 4. The first-order valence-corrected chi connectivity index (χ1v) is 5.78. The Bertz CT molecular complexity index is 728. The number of aromatic carboxylic acids is 4. The second-order valence-corrected chi connectivity index (χ2v) is 4.29. The van der Waals surface area contributed by atoms with E-state index in [1.54, 1.807) is 0 Å². The topological polar surface area (TPSA) is 149 Å². The molecule has 0 saturated heterocycles. The Morgan fingerprint density at radius 3 is 0.731 bits per heavy atom. The van der Waals surface area contributed by atoms with Gasteiger partial charge in [-0.2, -0.15) is 0 Å². The maximum absolute atomic E-state index is 11.3. The molecule has 2 aromatic carbocycles. The fraction of sp³-hybridized carbons (Fsp3) is 0. The molecule has 0 unspecified atom stereocenters. The standard InChI is InChI=1S/C14H8O8.4Li.4H/c15-11(16)5-1-2-6(12(17)18)10-8(14(21)22)4-3-7(9(5)10)13(19)20;;;;;;;;/h1-4H,(H,15,16)(H,17,18)(H,19,20)(H,21,22);;;;;;;;. The van der Waals surface area contributed by atoms with E-state index in [4.69, 9.17) is 20.4 Å². The van der Waals surface area contributed by atoms with Crippen LogP contribution in [0.5, 0.6) is 0 Å². The summed E-state index contributed by atoms with van der Waals surface area (Å²) in [5, 5.41) is 35.8. The molecule has 8 nitrogen and oxygen atoms in total. The van der Waals surface area contributed by atoms with Crippen LogP contribution in [0.15, 0.2) is 24.3 Å². The number of fused-ring (bicyclic) bond motifs is 1. The zero-order valence-electron chi connectivity index (χ0n) is 10.7. The molecule has 120 valence electrons. The summed E-state index contributed by atoms with van der Waals surface area (Å²) >= 11 is 0. The zero-order valence-corrected chi connectivity index (χ0v) is 10.7. The number of benzene rings is 2. The number of carbonyl (C=O) groups is 4. The van der Waals surface area contributed by atoms with Crippen molar-refractivity contribution >= 4 is 110 Å². The van der Waals surface area contributed by atoms with Gasteiger partial charge in [-0.25, -0.2) is 19.2 Å². The molecule has 0 saturated carbocycles. The van der Waals surface area contributed by atoms with Crippen molar-refractivity contribution in [1.82, 2.24) is 0 Å². The molecule has 0 aliphatic rings. The van der Waals surface area contributed by atoms with Gasteiger partial charge < -0.3 is 20.4 Å². The third-order valence-corrected chi connectivity index (χ3v) is 3.08. The molecule has 2 rings (SSSR count). The van der Waals surface area contributed by atoms with Crippen molar-refractivity contribution in [3.05, 3.63) is 46.5 Å². The summed E-state index contributed by atoms with van der Waals surface area (Å²) in [6.07, 6.45) is 0. The first-order chi connectivity index (χ1) is 10.3. The molecular weight excluding hydrogens is 324 g/mol. The molecule has 12 heteroatoms. The summed E-state index contributed by atoms with van der Waals surface area (Å²) in [6, 6.07) is 3.75. The van der Waals surface area contributed by atoms with E-state index >= 15 is 0 Å². The van der Waals surface area contributed by atoms with Crippen LogP contribution in [0.4, 0.5) is 0 Å². The number of hydrogen-bond acceptors (Lipinski definition) is 4. The predicted octanol–water partition coefficient (Wildman–Crippen LogP) is -0.961. The number of hydrogen-bond donors (Lipinski definition) is 4. The molecule has 0 amide bonds. The van der Waals surface area contributed by atoms with E-state index < -0.39 is 56.9 Å². The molecular formula is C14H12Li4O8. The average molecular weight is 336 g/mol. The van der Waals surface area contributed by atoms with Crippen molar-refractivity contribution in [3.63, 3.8) is 0 Å². The van der Waals surface area contributed by atoms with Gasteiger partial charge in [0, 0.05) is 10.8 Å². The van der Waals surface area contributed by atoms with Gasteiger partial charge in [-0.15, -0.1) is 0 Å². The Balaban J connectivity index is -0.00000132. The van der Waals surface area contributed by atoms with Crippen molar-refractivity contribution in [1.29, 1.82) is 0 Å². The summed E-state index contributed by atoms with van der Waals surface area (Å²) in [5.74, 6) is -5.97. The molecule has 2 aromatic rings. The maximum atomic E-state index is 11.3. The SMILES string of the molecule is O=C(O)c1ccc(C(=O)O)c2c(C(=O)O)ccc(C(=O)O)c12.[LiH].[LiH].[LiH].[LiH]. The molecule has 0 heterocycles. The molecule has 0 aromatic heterocycles. The summed E-state index contributed by atoms with van der Waals surface area (Å²) < 4.78 is 0. The van der Waals surface area contributed by atoms with Gasteiger partial charge in [0.2, 0.25) is 0 Å². The normalized spacial score (nSPS) is 8.77. The van der Waals surface area contributed by atoms with Crippen LogP contribution in [0.1, 0.15) is 41.4 Å². The Morgan fingerprint density at radius 1 is 0.462 bits per heavy atom. The molecule has 0 aliphatic heterocycles. The van der Waals surface area contributed by atoms with E-state index in [-0.39, 0.29) is 75.4 Å². The molecule has 0 atom stereocenters. The Kier molecular flexibility index (Phi) is 13.3. The van der Waals surface area contributed by atoms with Crippen LogP contribution in [0.3, 0.4) is 0 Å². The van der Waals surface area contributed by atoms with Crippen LogP contribution in [-0.2, 0) is 0 Å². The summed E-state index contributed by atoms with van der Waals surface area (Å²) in [4.78, 5) is 45.1. The van der Waals surface area contributed by atoms with E-state index in [1.807, 2.05) is 0 Å². The first-order valence-electron chi connectivity index (χ1n) is 5.78. The second-order valence-electron chi connectivity index (χ2n) is 4.29. The average Bonchev–Trinajstić information content (AvgIpc) is 2.43. The van der Waals surface area contributed by atoms with Crippen LogP contribution >= 0.6 is 0 Å². The predicted molar refractivity (Wildman–Crippen MR) is 100 cm³/mol. The number of carboxylic acid groups (broad SMARTS) is 4. The number of carboxylic acids is 4. The summed E-state index contributed by atoms with van der Waals surface area (Å²) in [5.41, 5.74) is -1.94. The van der Waals surface area contributed by atoms with Gasteiger partial charge in [0.15, 0.2) is 0 Å². The van der Waals surface area contributed by atoms with Gasteiger partial charge in [0.25, 0.3) is 0 Å². The molecule has 0 spiro atoms. The molecule has 4 N–H and O–H groups in total.